The molecular formula is C32H43N7O7S. The Bertz CT molecular complexity index is 1710. The topological polar surface area (TPSA) is 172 Å². The van der Waals surface area contributed by atoms with Gasteiger partial charge in [0.1, 0.15) is 4.90 Å². The zero-order valence-corrected chi connectivity index (χ0v) is 28.3. The Balaban J connectivity index is 1.45. The van der Waals surface area contributed by atoms with Gasteiger partial charge in [-0.25, -0.2) is 8.42 Å². The maximum atomic E-state index is 14.1. The molecule has 2 aliphatic heterocycles. The number of nitro benzene ring substituents is 2. The van der Waals surface area contributed by atoms with Crippen molar-refractivity contribution in [1.29, 1.82) is 0 Å². The van der Waals surface area contributed by atoms with Crippen molar-refractivity contribution >= 4 is 44.9 Å². The minimum atomic E-state index is -4.15. The molecule has 14 nitrogen and oxygen atoms in total. The lowest BCUT2D eigenvalue weighted by molar-refractivity contribution is -0.385. The van der Waals surface area contributed by atoms with Crippen LogP contribution in [-0.4, -0.2) is 78.4 Å². The molecule has 2 heterocycles. The van der Waals surface area contributed by atoms with Gasteiger partial charge < -0.3 is 9.80 Å². The molecule has 1 N–H and O–H groups in total. The number of carbonyl (C=O) groups excluding carboxylic acids is 1. The Morgan fingerprint density at radius 3 is 2.32 bits per heavy atom. The second-order valence-electron chi connectivity index (χ2n) is 13.7. The molecular weight excluding hydrogens is 626 g/mol. The van der Waals surface area contributed by atoms with E-state index in [9.17, 15) is 33.4 Å². The number of nitrogens with one attached hydrogen (secondary N) is 1. The van der Waals surface area contributed by atoms with Crippen molar-refractivity contribution in [2.75, 3.05) is 43.0 Å². The van der Waals surface area contributed by atoms with Crippen LogP contribution in [0.3, 0.4) is 0 Å². The van der Waals surface area contributed by atoms with E-state index in [1.165, 1.54) is 34.8 Å². The standard InChI is InChI=1S/C32H43N7O7S/c1-6-35(7-2)30(40)22-9-8-14-36(20-22)28-13-11-24(38(41)42)15-23(28)19-33-34-27-12-10-25(39(43)44)16-29(27)47(45,46)37-21-32(5)18-26(37)17-31(32,3)4/h10-13,15-16,19,22,26,34H,6-9,14,17-18,20-21H2,1-5H3/b33-19-/t22-,26+,32+/m0/s1. The molecule has 0 spiro atoms. The molecule has 2 bridgehead atoms. The quantitative estimate of drug-likeness (QED) is 0.191. The fourth-order valence-electron chi connectivity index (χ4n) is 7.41. The third-order valence-corrected chi connectivity index (χ3v) is 12.5. The molecule has 2 saturated heterocycles. The molecule has 1 amide bonds. The first-order valence-electron chi connectivity index (χ1n) is 16.0. The number of carbonyl (C=O) groups is 1. The number of nitrogens with zero attached hydrogens (tertiary/aromatic N) is 6. The predicted octanol–water partition coefficient (Wildman–Crippen LogP) is 5.23. The number of non-ortho nitro benzene ring substituents is 2. The molecule has 0 radical (unpaired) electrons. The van der Waals surface area contributed by atoms with Crippen LogP contribution in [0.15, 0.2) is 46.4 Å². The summed E-state index contributed by atoms with van der Waals surface area (Å²) in [6.07, 6.45) is 4.28. The van der Waals surface area contributed by atoms with Crippen molar-refractivity contribution in [1.82, 2.24) is 9.21 Å². The van der Waals surface area contributed by atoms with E-state index in [0.29, 0.717) is 56.8 Å². The number of sulfonamides is 1. The molecule has 1 saturated carbocycles. The van der Waals surface area contributed by atoms with Crippen LogP contribution in [0.25, 0.3) is 0 Å². The smallest absolute Gasteiger partial charge is 0.270 e. The Labute approximate surface area is 275 Å². The number of benzene rings is 2. The van der Waals surface area contributed by atoms with E-state index < -0.39 is 19.9 Å². The van der Waals surface area contributed by atoms with Gasteiger partial charge in [0.15, 0.2) is 0 Å². The molecule has 254 valence electrons. The monoisotopic (exact) mass is 669 g/mol. The maximum absolute atomic E-state index is 14.1. The summed E-state index contributed by atoms with van der Waals surface area (Å²) < 4.78 is 29.6. The van der Waals surface area contributed by atoms with Crippen molar-refractivity contribution in [3.8, 4) is 0 Å². The van der Waals surface area contributed by atoms with E-state index >= 15 is 0 Å². The molecule has 15 heteroatoms. The zero-order chi connectivity index (χ0) is 34.3. The molecule has 2 aromatic carbocycles. The minimum Gasteiger partial charge on any atom is -0.370 e. The van der Waals surface area contributed by atoms with Gasteiger partial charge in [-0.3, -0.25) is 30.4 Å². The summed E-state index contributed by atoms with van der Waals surface area (Å²) in [6.45, 7) is 12.9. The van der Waals surface area contributed by atoms with Gasteiger partial charge in [0.05, 0.1) is 27.7 Å². The fourth-order valence-corrected chi connectivity index (χ4v) is 9.32. The van der Waals surface area contributed by atoms with Gasteiger partial charge >= 0.3 is 0 Å². The highest BCUT2D eigenvalue weighted by Gasteiger charge is 2.60. The van der Waals surface area contributed by atoms with Crippen molar-refractivity contribution in [2.45, 2.75) is 71.2 Å². The molecule has 2 aromatic rings. The number of anilines is 2. The van der Waals surface area contributed by atoms with Crippen molar-refractivity contribution in [3.63, 3.8) is 0 Å². The molecule has 0 aromatic heterocycles. The van der Waals surface area contributed by atoms with E-state index in [-0.39, 0.29) is 50.7 Å². The normalized spacial score (nSPS) is 24.1. The Hall–Kier alpha value is -4.11. The van der Waals surface area contributed by atoms with Crippen LogP contribution in [0.4, 0.5) is 22.7 Å². The number of piperidine rings is 2. The average Bonchev–Trinajstić information content (AvgIpc) is 3.50. The molecule has 3 aliphatic rings. The summed E-state index contributed by atoms with van der Waals surface area (Å²) >= 11 is 0. The lowest BCUT2D eigenvalue weighted by atomic mass is 9.69. The number of hydrogen-bond acceptors (Lipinski definition) is 10. The molecule has 47 heavy (non-hydrogen) atoms. The third-order valence-electron chi connectivity index (χ3n) is 10.5. The molecule has 0 unspecified atom stereocenters. The van der Waals surface area contributed by atoms with Crippen LogP contribution in [0.1, 0.15) is 65.9 Å². The second kappa shape index (κ2) is 12.8. The van der Waals surface area contributed by atoms with Gasteiger partial charge in [-0.05, 0) is 62.5 Å². The minimum absolute atomic E-state index is 0.0409. The van der Waals surface area contributed by atoms with E-state index in [1.54, 1.807) is 11.0 Å². The Kier molecular flexibility index (Phi) is 9.34. The lowest BCUT2D eigenvalue weighted by Crippen LogP contribution is -2.46. The summed E-state index contributed by atoms with van der Waals surface area (Å²) in [5.41, 5.74) is 3.08. The van der Waals surface area contributed by atoms with Gasteiger partial charge in [-0.2, -0.15) is 9.41 Å². The molecule has 3 fully saturated rings. The Morgan fingerprint density at radius 2 is 1.72 bits per heavy atom. The van der Waals surface area contributed by atoms with Crippen LogP contribution in [0.5, 0.6) is 0 Å². The first-order valence-corrected chi connectivity index (χ1v) is 17.5. The summed E-state index contributed by atoms with van der Waals surface area (Å²) in [5.74, 6) is -0.141. The van der Waals surface area contributed by atoms with Crippen LogP contribution < -0.4 is 10.3 Å². The zero-order valence-electron chi connectivity index (χ0n) is 27.5. The van der Waals surface area contributed by atoms with Crippen LogP contribution in [-0.2, 0) is 14.8 Å². The van der Waals surface area contributed by atoms with Crippen molar-refractivity contribution < 1.29 is 23.1 Å². The average molecular weight is 670 g/mol. The number of hydrogen-bond donors (Lipinski definition) is 1. The maximum Gasteiger partial charge on any atom is 0.270 e. The number of rotatable bonds is 11. The number of amides is 1. The van der Waals surface area contributed by atoms with Gasteiger partial charge in [0, 0.05) is 74.3 Å². The van der Waals surface area contributed by atoms with Crippen LogP contribution in [0, 0.1) is 37.0 Å². The number of fused-ring (bicyclic) bond motifs is 2. The summed E-state index contributed by atoms with van der Waals surface area (Å²) in [6, 6.07) is 7.77. The largest absolute Gasteiger partial charge is 0.370 e. The molecule has 3 atom stereocenters. The van der Waals surface area contributed by atoms with Gasteiger partial charge in [-0.15, -0.1) is 0 Å². The van der Waals surface area contributed by atoms with E-state index in [4.69, 9.17) is 0 Å². The summed E-state index contributed by atoms with van der Waals surface area (Å²) in [5, 5.41) is 27.6. The molecule has 1 aliphatic carbocycles. The van der Waals surface area contributed by atoms with Crippen molar-refractivity contribution in [3.05, 3.63) is 62.2 Å². The second-order valence-corrected chi connectivity index (χ2v) is 15.5. The van der Waals surface area contributed by atoms with Gasteiger partial charge in [0.25, 0.3) is 11.4 Å². The highest BCUT2D eigenvalue weighted by Crippen LogP contribution is 2.60. The fraction of sp³-hybridized carbons (Fsp3) is 0.562. The summed E-state index contributed by atoms with van der Waals surface area (Å²) in [4.78, 5) is 38.9. The highest BCUT2D eigenvalue weighted by atomic mass is 32.2. The van der Waals surface area contributed by atoms with Crippen molar-refractivity contribution in [2.24, 2.45) is 21.8 Å². The SMILES string of the molecule is CCN(CC)C(=O)[C@H]1CCCN(c2ccc([N+](=O)[O-])cc2/C=N\Nc2ccc([N+](=O)[O-])cc2S(=O)(=O)N2C[C@@]3(C)C[C@H]2CC3(C)C)C1. The first kappa shape index (κ1) is 34.2. The number of nitro groups is 2. The third kappa shape index (κ3) is 6.42. The molecule has 5 rings (SSSR count). The Morgan fingerprint density at radius 1 is 1.06 bits per heavy atom. The van der Waals surface area contributed by atoms with E-state index in [1.807, 2.05) is 18.7 Å². The van der Waals surface area contributed by atoms with Gasteiger partial charge in [0.2, 0.25) is 15.9 Å². The van der Waals surface area contributed by atoms with E-state index in [0.717, 1.165) is 18.9 Å². The van der Waals surface area contributed by atoms with Crippen LogP contribution >= 0.6 is 0 Å². The highest BCUT2D eigenvalue weighted by molar-refractivity contribution is 7.89. The lowest BCUT2D eigenvalue weighted by Gasteiger charge is -2.42. The number of hydrazone groups is 1. The predicted molar refractivity (Wildman–Crippen MR) is 179 cm³/mol. The van der Waals surface area contributed by atoms with Crippen LogP contribution in [0.2, 0.25) is 0 Å². The van der Waals surface area contributed by atoms with Gasteiger partial charge in [-0.1, -0.05) is 20.8 Å². The summed E-state index contributed by atoms with van der Waals surface area (Å²) in [7, 11) is -4.15. The first-order chi connectivity index (χ1) is 22.1. The van der Waals surface area contributed by atoms with E-state index in [2.05, 4.69) is 31.3 Å².